The predicted octanol–water partition coefficient (Wildman–Crippen LogP) is 3.49. The van der Waals surface area contributed by atoms with Gasteiger partial charge in [0, 0.05) is 0 Å². The second kappa shape index (κ2) is 11.9. The van der Waals surface area contributed by atoms with Gasteiger partial charge >= 0.3 is 0 Å². The normalized spacial score (nSPS) is 12.2. The monoisotopic (exact) mass is 499 g/mol. The Morgan fingerprint density at radius 3 is 2.58 bits per heavy atom. The van der Waals surface area contributed by atoms with E-state index in [0.717, 1.165) is 35.5 Å². The first-order chi connectivity index (χ1) is 17.6. The van der Waals surface area contributed by atoms with E-state index < -0.39 is 5.91 Å². The summed E-state index contributed by atoms with van der Waals surface area (Å²) >= 11 is 1.10. The Bertz CT molecular complexity index is 1530. The molecule has 0 spiro atoms. The number of nitrogens with zero attached hydrogens (tertiary/aromatic N) is 2. The van der Waals surface area contributed by atoms with E-state index in [0.29, 0.717) is 22.6 Å². The largest absolute Gasteiger partial charge is 0.494 e. The van der Waals surface area contributed by atoms with Crippen LogP contribution in [0, 0.1) is 11.3 Å². The highest BCUT2D eigenvalue weighted by Gasteiger charge is 2.17. The third-order valence-corrected chi connectivity index (χ3v) is 6.43. The molecular weight excluding hydrogens is 474 g/mol. The highest BCUT2D eigenvalue weighted by Crippen LogP contribution is 2.13. The Hall–Kier alpha value is -4.35. The summed E-state index contributed by atoms with van der Waals surface area (Å²) in [6, 6.07) is 21.9. The summed E-state index contributed by atoms with van der Waals surface area (Å²) in [6.45, 7) is 2.89. The number of furan rings is 1. The standard InChI is InChI=1S/C28H25N3O4S/c1-2-3-15-34-22-13-11-20(12-14-22)17-25-27(33)31(21-8-5-4-6-9-21)28(36-25)24(18-29)26(32)30-19-23-10-7-16-35-23/h4-14,16-17H,2-3,15,19H2,1H3,(H,30,32)/b25-17+,28-24+. The van der Waals surface area contributed by atoms with Crippen molar-refractivity contribution in [3.63, 3.8) is 0 Å². The topological polar surface area (TPSA) is 97.3 Å². The van der Waals surface area contributed by atoms with Crippen molar-refractivity contribution in [1.29, 1.82) is 5.26 Å². The Labute approximate surface area is 212 Å². The summed E-state index contributed by atoms with van der Waals surface area (Å²) in [7, 11) is 0. The predicted molar refractivity (Wildman–Crippen MR) is 139 cm³/mol. The molecular formula is C28H25N3O4S. The lowest BCUT2D eigenvalue weighted by Gasteiger charge is -2.04. The van der Waals surface area contributed by atoms with E-state index in [-0.39, 0.29) is 22.3 Å². The Balaban J connectivity index is 1.77. The van der Waals surface area contributed by atoms with Crippen LogP contribution in [0.5, 0.6) is 5.75 Å². The smallest absolute Gasteiger partial charge is 0.273 e. The van der Waals surface area contributed by atoms with Gasteiger partial charge in [0.15, 0.2) is 5.57 Å². The summed E-state index contributed by atoms with van der Waals surface area (Å²) in [4.78, 5) is 26.4. The van der Waals surface area contributed by atoms with Crippen LogP contribution >= 0.6 is 11.3 Å². The molecule has 2 aromatic heterocycles. The minimum Gasteiger partial charge on any atom is -0.494 e. The summed E-state index contributed by atoms with van der Waals surface area (Å²) in [5.41, 5.74) is 0.922. The van der Waals surface area contributed by atoms with Crippen LogP contribution in [0.1, 0.15) is 31.1 Å². The molecule has 4 aromatic rings. The summed E-state index contributed by atoms with van der Waals surface area (Å²) < 4.78 is 13.0. The van der Waals surface area contributed by atoms with Gasteiger partial charge in [-0.1, -0.05) is 43.7 Å². The maximum atomic E-state index is 13.5. The fourth-order valence-corrected chi connectivity index (χ4v) is 4.57. The van der Waals surface area contributed by atoms with Crippen LogP contribution in [0.25, 0.3) is 17.3 Å². The number of nitriles is 1. The number of ether oxygens (including phenoxy) is 1. The lowest BCUT2D eigenvalue weighted by molar-refractivity contribution is -0.115. The van der Waals surface area contributed by atoms with Crippen molar-refractivity contribution in [2.75, 3.05) is 6.61 Å². The lowest BCUT2D eigenvalue weighted by atomic mass is 10.2. The van der Waals surface area contributed by atoms with Crippen LogP contribution in [-0.4, -0.2) is 17.1 Å². The Kier molecular flexibility index (Phi) is 8.16. The number of carbonyl (C=O) groups excluding carboxylic acids is 1. The van der Waals surface area contributed by atoms with Gasteiger partial charge in [-0.3, -0.25) is 14.2 Å². The molecule has 182 valence electrons. The molecule has 0 unspecified atom stereocenters. The number of aromatic nitrogens is 1. The number of rotatable bonds is 9. The number of para-hydroxylation sites is 1. The molecule has 0 aliphatic rings. The minimum atomic E-state index is -0.583. The highest BCUT2D eigenvalue weighted by molar-refractivity contribution is 7.07. The van der Waals surface area contributed by atoms with Crippen LogP contribution in [-0.2, 0) is 11.3 Å². The van der Waals surface area contributed by atoms with Gasteiger partial charge in [0.25, 0.3) is 11.5 Å². The molecule has 1 amide bonds. The summed E-state index contributed by atoms with van der Waals surface area (Å²) in [5, 5.41) is 12.6. The van der Waals surface area contributed by atoms with Gasteiger partial charge < -0.3 is 14.5 Å². The molecule has 0 bridgehead atoms. The van der Waals surface area contributed by atoms with Gasteiger partial charge in [0.2, 0.25) is 0 Å². The van der Waals surface area contributed by atoms with Crippen LogP contribution < -0.4 is 24.8 Å². The number of carbonyl (C=O) groups is 1. The molecule has 0 radical (unpaired) electrons. The van der Waals surface area contributed by atoms with Crippen molar-refractivity contribution in [1.82, 2.24) is 9.88 Å². The van der Waals surface area contributed by atoms with Crippen LogP contribution in [0.2, 0.25) is 0 Å². The molecule has 1 N–H and O–H groups in total. The fourth-order valence-electron chi connectivity index (χ4n) is 3.47. The number of nitrogens with one attached hydrogen (secondary N) is 1. The maximum absolute atomic E-state index is 13.5. The molecule has 8 heteroatoms. The first-order valence-electron chi connectivity index (χ1n) is 11.6. The van der Waals surface area contributed by atoms with Crippen molar-refractivity contribution in [2.45, 2.75) is 26.3 Å². The molecule has 0 fully saturated rings. The van der Waals surface area contributed by atoms with E-state index in [2.05, 4.69) is 12.2 Å². The molecule has 2 heterocycles. The highest BCUT2D eigenvalue weighted by atomic mass is 32.1. The zero-order chi connectivity index (χ0) is 25.3. The molecule has 0 aliphatic heterocycles. The third-order valence-electron chi connectivity index (χ3n) is 5.34. The molecule has 2 aromatic carbocycles. The molecule has 0 aliphatic carbocycles. The number of thiazole rings is 1. The van der Waals surface area contributed by atoms with E-state index >= 15 is 0 Å². The zero-order valence-electron chi connectivity index (χ0n) is 19.8. The average Bonchev–Trinajstić information content (AvgIpc) is 3.53. The average molecular weight is 500 g/mol. The van der Waals surface area contributed by atoms with Gasteiger partial charge in [-0.05, 0) is 54.5 Å². The van der Waals surface area contributed by atoms with Crippen molar-refractivity contribution in [3.8, 4) is 17.5 Å². The van der Waals surface area contributed by atoms with Crippen LogP contribution in [0.3, 0.4) is 0 Å². The van der Waals surface area contributed by atoms with Gasteiger partial charge in [0.05, 0.1) is 29.6 Å². The SMILES string of the molecule is CCCCOc1ccc(/C=c2/s/c(=C(\C#N)C(=O)NCc3ccco3)n(-c3ccccc3)c2=O)cc1. The van der Waals surface area contributed by atoms with E-state index in [9.17, 15) is 14.9 Å². The molecule has 36 heavy (non-hydrogen) atoms. The second-order valence-electron chi connectivity index (χ2n) is 7.91. The molecule has 0 atom stereocenters. The van der Waals surface area contributed by atoms with E-state index in [1.807, 2.05) is 36.4 Å². The summed E-state index contributed by atoms with van der Waals surface area (Å²) in [5.74, 6) is 0.742. The first-order valence-corrected chi connectivity index (χ1v) is 12.4. The van der Waals surface area contributed by atoms with Crippen molar-refractivity contribution in [2.24, 2.45) is 0 Å². The number of hydrogen-bond acceptors (Lipinski definition) is 6. The quantitative estimate of drug-likeness (QED) is 0.356. The van der Waals surface area contributed by atoms with E-state index in [1.165, 1.54) is 10.8 Å². The molecule has 0 saturated carbocycles. The van der Waals surface area contributed by atoms with E-state index in [1.54, 1.807) is 42.5 Å². The second-order valence-corrected chi connectivity index (χ2v) is 8.94. The van der Waals surface area contributed by atoms with E-state index in [4.69, 9.17) is 9.15 Å². The zero-order valence-corrected chi connectivity index (χ0v) is 20.6. The van der Waals surface area contributed by atoms with Crippen LogP contribution in [0.15, 0.2) is 82.2 Å². The van der Waals surface area contributed by atoms with Gasteiger partial charge in [0.1, 0.15) is 22.2 Å². The third kappa shape index (κ3) is 5.82. The van der Waals surface area contributed by atoms with Crippen molar-refractivity contribution in [3.05, 3.63) is 104 Å². The van der Waals surface area contributed by atoms with Gasteiger partial charge in [-0.25, -0.2) is 0 Å². The summed E-state index contributed by atoms with van der Waals surface area (Å²) in [6.07, 6.45) is 5.30. The number of unbranched alkanes of at least 4 members (excludes halogenated alkanes) is 1. The molecule has 7 nitrogen and oxygen atoms in total. The number of amides is 1. The Morgan fingerprint density at radius 2 is 1.92 bits per heavy atom. The maximum Gasteiger partial charge on any atom is 0.273 e. The lowest BCUT2D eigenvalue weighted by Crippen LogP contribution is -2.33. The van der Waals surface area contributed by atoms with Gasteiger partial charge in [-0.15, -0.1) is 11.3 Å². The molecule has 4 rings (SSSR count). The number of hydrogen-bond donors (Lipinski definition) is 1. The Morgan fingerprint density at radius 1 is 1.14 bits per heavy atom. The van der Waals surface area contributed by atoms with Crippen molar-refractivity contribution < 1.29 is 13.9 Å². The minimum absolute atomic E-state index is 0.129. The van der Waals surface area contributed by atoms with Crippen molar-refractivity contribution >= 4 is 28.9 Å². The fraction of sp³-hybridized carbons (Fsp3) is 0.179. The van der Waals surface area contributed by atoms with Crippen LogP contribution in [0.4, 0.5) is 0 Å². The first kappa shape index (κ1) is 24.8. The molecule has 0 saturated heterocycles. The number of benzene rings is 2. The van der Waals surface area contributed by atoms with Gasteiger partial charge in [-0.2, -0.15) is 5.26 Å².